The van der Waals surface area contributed by atoms with Gasteiger partial charge in [0, 0.05) is 16.4 Å². The van der Waals surface area contributed by atoms with E-state index in [2.05, 4.69) is 26.6 Å². The summed E-state index contributed by atoms with van der Waals surface area (Å²) in [6.45, 7) is 0.772. The monoisotopic (exact) mass is 445 g/mol. The molecule has 0 spiro atoms. The third-order valence-electron chi connectivity index (χ3n) is 3.55. The Bertz CT molecular complexity index is 926. The highest BCUT2D eigenvalue weighted by Gasteiger charge is 2.34. The quantitative estimate of drug-likeness (QED) is 0.742. The molecule has 1 aromatic carbocycles. The van der Waals surface area contributed by atoms with E-state index in [0.717, 1.165) is 22.3 Å². The summed E-state index contributed by atoms with van der Waals surface area (Å²) in [5.74, 6) is -1.27. The van der Waals surface area contributed by atoms with Gasteiger partial charge in [0.15, 0.2) is 0 Å². The first-order valence-electron chi connectivity index (χ1n) is 7.67. The maximum absolute atomic E-state index is 12.7. The lowest BCUT2D eigenvalue weighted by molar-refractivity contribution is -0.139. The Kier molecular flexibility index (Phi) is 6.42. The zero-order valence-electron chi connectivity index (χ0n) is 14.1. The van der Waals surface area contributed by atoms with Gasteiger partial charge in [-0.3, -0.25) is 14.4 Å². The van der Waals surface area contributed by atoms with Gasteiger partial charge in [0.05, 0.1) is 6.54 Å². The van der Waals surface area contributed by atoms with Gasteiger partial charge in [-0.05, 0) is 42.8 Å². The Balaban J connectivity index is 1.95. The summed E-state index contributed by atoms with van der Waals surface area (Å²) < 4.78 is 39.6. The summed E-state index contributed by atoms with van der Waals surface area (Å²) >= 11 is 3.30. The van der Waals surface area contributed by atoms with Crippen molar-refractivity contribution in [2.24, 2.45) is 0 Å². The molecule has 144 valence electrons. The molecule has 1 heterocycles. The second-order valence-corrected chi connectivity index (χ2v) is 6.55. The van der Waals surface area contributed by atoms with Crippen LogP contribution in [0.3, 0.4) is 0 Å². The van der Waals surface area contributed by atoms with Crippen molar-refractivity contribution < 1.29 is 22.8 Å². The highest BCUT2D eigenvalue weighted by atomic mass is 79.9. The Labute approximate surface area is 160 Å². The molecule has 0 aliphatic carbocycles. The van der Waals surface area contributed by atoms with Crippen LogP contribution < -0.4 is 16.2 Å². The number of nitrogens with one attached hydrogen (secondary N) is 2. The van der Waals surface area contributed by atoms with Crippen LogP contribution >= 0.6 is 15.9 Å². The lowest BCUT2D eigenvalue weighted by atomic mass is 10.2. The van der Waals surface area contributed by atoms with Crippen LogP contribution in [0.2, 0.25) is 0 Å². The number of aromatic nitrogens is 1. The fourth-order valence-electron chi connectivity index (χ4n) is 2.23. The topological polar surface area (TPSA) is 80.2 Å². The minimum Gasteiger partial charge on any atom is -0.345 e. The van der Waals surface area contributed by atoms with Crippen LogP contribution in [-0.2, 0) is 22.3 Å². The molecule has 0 aliphatic heterocycles. The van der Waals surface area contributed by atoms with Crippen molar-refractivity contribution in [2.75, 3.05) is 11.9 Å². The molecule has 0 saturated heterocycles. The highest BCUT2D eigenvalue weighted by molar-refractivity contribution is 9.10. The first-order chi connectivity index (χ1) is 12.6. The number of anilines is 1. The van der Waals surface area contributed by atoms with Crippen LogP contribution in [0.15, 0.2) is 45.8 Å². The minimum absolute atomic E-state index is 0.387. The van der Waals surface area contributed by atoms with Crippen molar-refractivity contribution in [3.63, 3.8) is 0 Å². The van der Waals surface area contributed by atoms with E-state index in [1.54, 1.807) is 25.1 Å². The Hall–Kier alpha value is -2.62. The van der Waals surface area contributed by atoms with E-state index >= 15 is 0 Å². The number of alkyl halides is 3. The number of aryl methyl sites for hydroxylation is 1. The number of nitrogens with zero attached hydrogens (tertiary/aromatic N) is 1. The molecule has 27 heavy (non-hydrogen) atoms. The molecule has 0 fully saturated rings. The Morgan fingerprint density at radius 3 is 2.52 bits per heavy atom. The molecular weight excluding hydrogens is 431 g/mol. The van der Waals surface area contributed by atoms with Crippen molar-refractivity contribution in [3.8, 4) is 0 Å². The molecular formula is C17H15BrF3N3O3. The molecule has 0 bridgehead atoms. The smallest absolute Gasteiger partial charge is 0.345 e. The van der Waals surface area contributed by atoms with Gasteiger partial charge in [-0.2, -0.15) is 13.2 Å². The molecule has 0 radical (unpaired) electrons. The van der Waals surface area contributed by atoms with Crippen LogP contribution in [0.25, 0.3) is 0 Å². The first kappa shape index (κ1) is 20.7. The van der Waals surface area contributed by atoms with E-state index in [0.29, 0.717) is 16.3 Å². The number of pyridine rings is 1. The number of carbonyl (C=O) groups excluding carboxylic acids is 2. The molecule has 0 atom stereocenters. The van der Waals surface area contributed by atoms with Crippen LogP contribution in [0.4, 0.5) is 18.9 Å². The molecule has 10 heteroatoms. The summed E-state index contributed by atoms with van der Waals surface area (Å²) in [7, 11) is 0. The summed E-state index contributed by atoms with van der Waals surface area (Å²) in [5, 5.41) is 4.87. The molecule has 0 aliphatic rings. The molecule has 2 amide bonds. The molecule has 0 unspecified atom stereocenters. The van der Waals surface area contributed by atoms with Gasteiger partial charge in [0.1, 0.15) is 12.1 Å². The van der Waals surface area contributed by atoms with Crippen molar-refractivity contribution >= 4 is 33.4 Å². The SMILES string of the molecule is Cc1cc(Br)ccc1NC(=O)CNC(=O)Cn1cccc(C(F)(F)F)c1=O. The van der Waals surface area contributed by atoms with E-state index in [-0.39, 0.29) is 6.54 Å². The third-order valence-corrected chi connectivity index (χ3v) is 4.04. The van der Waals surface area contributed by atoms with E-state index in [1.807, 2.05) is 0 Å². The number of halogens is 4. The van der Waals surface area contributed by atoms with Gasteiger partial charge in [0.2, 0.25) is 11.8 Å². The first-order valence-corrected chi connectivity index (χ1v) is 8.46. The van der Waals surface area contributed by atoms with Crippen molar-refractivity contribution in [2.45, 2.75) is 19.6 Å². The molecule has 1 aromatic heterocycles. The second kappa shape index (κ2) is 8.38. The Morgan fingerprint density at radius 2 is 1.89 bits per heavy atom. The maximum Gasteiger partial charge on any atom is 0.421 e. The van der Waals surface area contributed by atoms with Crippen LogP contribution in [0, 0.1) is 6.92 Å². The predicted molar refractivity (Wildman–Crippen MR) is 96.2 cm³/mol. The number of hydrogen-bond acceptors (Lipinski definition) is 3. The fraction of sp³-hybridized carbons (Fsp3) is 0.235. The van der Waals surface area contributed by atoms with Gasteiger partial charge in [-0.25, -0.2) is 0 Å². The largest absolute Gasteiger partial charge is 0.421 e. The van der Waals surface area contributed by atoms with Crippen LogP contribution in [0.1, 0.15) is 11.1 Å². The summed E-state index contributed by atoms with van der Waals surface area (Å²) in [4.78, 5) is 35.5. The van der Waals surface area contributed by atoms with Gasteiger partial charge < -0.3 is 15.2 Å². The fourth-order valence-corrected chi connectivity index (χ4v) is 2.70. The van der Waals surface area contributed by atoms with E-state index in [4.69, 9.17) is 0 Å². The number of carbonyl (C=O) groups is 2. The number of rotatable bonds is 5. The molecule has 0 saturated carbocycles. The Morgan fingerprint density at radius 1 is 1.19 bits per heavy atom. The normalized spacial score (nSPS) is 11.1. The van der Waals surface area contributed by atoms with Gasteiger partial charge >= 0.3 is 6.18 Å². The van der Waals surface area contributed by atoms with Crippen LogP contribution in [0.5, 0.6) is 0 Å². The van der Waals surface area contributed by atoms with Gasteiger partial charge in [0.25, 0.3) is 5.56 Å². The summed E-state index contributed by atoms with van der Waals surface area (Å²) in [5.41, 5.74) is -1.32. The average Bonchev–Trinajstić information content (AvgIpc) is 2.56. The van der Waals surface area contributed by atoms with E-state index in [1.165, 1.54) is 0 Å². The second-order valence-electron chi connectivity index (χ2n) is 5.64. The summed E-state index contributed by atoms with van der Waals surface area (Å²) in [6, 6.07) is 6.89. The lowest BCUT2D eigenvalue weighted by Gasteiger charge is -2.11. The average molecular weight is 446 g/mol. The molecule has 6 nitrogen and oxygen atoms in total. The summed E-state index contributed by atoms with van der Waals surface area (Å²) in [6.07, 6.45) is -3.73. The van der Waals surface area contributed by atoms with E-state index in [9.17, 15) is 27.6 Å². The third kappa shape index (κ3) is 5.68. The number of amides is 2. The van der Waals surface area contributed by atoms with Crippen molar-refractivity contribution in [3.05, 3.63) is 62.5 Å². The highest BCUT2D eigenvalue weighted by Crippen LogP contribution is 2.26. The van der Waals surface area contributed by atoms with Crippen molar-refractivity contribution in [1.29, 1.82) is 0 Å². The minimum atomic E-state index is -4.81. The predicted octanol–water partition coefficient (Wildman–Crippen LogP) is 2.69. The van der Waals surface area contributed by atoms with Gasteiger partial charge in [-0.15, -0.1) is 0 Å². The lowest BCUT2D eigenvalue weighted by Crippen LogP contribution is -2.38. The standard InChI is InChI=1S/C17H15BrF3N3O3/c1-10-7-11(18)4-5-13(10)23-14(25)8-22-15(26)9-24-6-2-3-12(16(24)27)17(19,20)21/h2-7H,8-9H2,1H3,(H,22,26)(H,23,25). The zero-order chi connectivity index (χ0) is 20.2. The van der Waals surface area contributed by atoms with Crippen LogP contribution in [-0.4, -0.2) is 22.9 Å². The zero-order valence-corrected chi connectivity index (χ0v) is 15.6. The number of benzene rings is 1. The van der Waals surface area contributed by atoms with E-state index < -0.39 is 35.7 Å². The molecule has 2 aromatic rings. The number of hydrogen-bond donors (Lipinski definition) is 2. The van der Waals surface area contributed by atoms with Crippen molar-refractivity contribution in [1.82, 2.24) is 9.88 Å². The molecule has 2 N–H and O–H groups in total. The van der Waals surface area contributed by atoms with Gasteiger partial charge in [-0.1, -0.05) is 15.9 Å². The maximum atomic E-state index is 12.7. The molecule has 2 rings (SSSR count).